The number of phenols is 1. The normalized spacial score (nSPS) is 12.9. The molecule has 0 heterocycles. The summed E-state index contributed by atoms with van der Waals surface area (Å²) in [5, 5.41) is 9.04. The molecule has 3 heteroatoms. The van der Waals surface area contributed by atoms with Crippen molar-refractivity contribution in [2.75, 3.05) is 0 Å². The molecule has 0 saturated carbocycles. The zero-order chi connectivity index (χ0) is 9.14. The summed E-state index contributed by atoms with van der Waals surface area (Å²) < 4.78 is 12.7. The van der Waals surface area contributed by atoms with E-state index in [2.05, 4.69) is 0 Å². The van der Waals surface area contributed by atoms with Gasteiger partial charge in [0.1, 0.15) is 11.6 Å². The van der Waals surface area contributed by atoms with Crippen LogP contribution in [0.15, 0.2) is 18.2 Å². The van der Waals surface area contributed by atoms with Crippen molar-refractivity contribution in [1.82, 2.24) is 0 Å². The number of aromatic hydroxyl groups is 1. The molecule has 0 fully saturated rings. The number of hydrogen-bond acceptors (Lipinski definition) is 2. The molecule has 12 heavy (non-hydrogen) atoms. The van der Waals surface area contributed by atoms with Crippen molar-refractivity contribution in [3.05, 3.63) is 29.6 Å². The molecule has 1 rings (SSSR count). The summed E-state index contributed by atoms with van der Waals surface area (Å²) in [6, 6.07) is 3.68. The highest BCUT2D eigenvalue weighted by atomic mass is 19.1. The molecule has 0 aromatic heterocycles. The van der Waals surface area contributed by atoms with Crippen LogP contribution in [0, 0.1) is 5.82 Å². The fourth-order valence-electron chi connectivity index (χ4n) is 1.05. The molecule has 0 bridgehead atoms. The average molecular weight is 169 g/mol. The first-order chi connectivity index (χ1) is 5.63. The molecule has 0 aliphatic rings. The second-order valence-electron chi connectivity index (χ2n) is 2.76. The van der Waals surface area contributed by atoms with E-state index in [0.29, 0.717) is 5.56 Å². The minimum Gasteiger partial charge on any atom is -0.508 e. The summed E-state index contributed by atoms with van der Waals surface area (Å²) in [5.41, 5.74) is 6.29. The zero-order valence-electron chi connectivity index (χ0n) is 6.92. The lowest BCUT2D eigenvalue weighted by Gasteiger charge is -2.08. The van der Waals surface area contributed by atoms with Crippen molar-refractivity contribution in [2.24, 2.45) is 5.73 Å². The van der Waals surface area contributed by atoms with E-state index in [-0.39, 0.29) is 11.8 Å². The van der Waals surface area contributed by atoms with Crippen molar-refractivity contribution >= 4 is 0 Å². The first-order valence-electron chi connectivity index (χ1n) is 3.88. The third-order valence-electron chi connectivity index (χ3n) is 1.77. The van der Waals surface area contributed by atoms with Gasteiger partial charge in [0, 0.05) is 12.1 Å². The Morgan fingerprint density at radius 2 is 2.17 bits per heavy atom. The summed E-state index contributed by atoms with van der Waals surface area (Å²) in [6.45, 7) is 1.91. The van der Waals surface area contributed by atoms with Crippen molar-refractivity contribution in [1.29, 1.82) is 0 Å². The largest absolute Gasteiger partial charge is 0.508 e. The van der Waals surface area contributed by atoms with Crippen LogP contribution < -0.4 is 5.73 Å². The molecule has 1 aromatic carbocycles. The Balaban J connectivity index is 3.00. The van der Waals surface area contributed by atoms with Crippen LogP contribution in [0.2, 0.25) is 0 Å². The Hall–Kier alpha value is -1.09. The second kappa shape index (κ2) is 3.54. The second-order valence-corrected chi connectivity index (χ2v) is 2.76. The maximum atomic E-state index is 12.7. The molecule has 2 nitrogen and oxygen atoms in total. The fraction of sp³-hybridized carbons (Fsp3) is 0.333. The lowest BCUT2D eigenvalue weighted by molar-refractivity contribution is 0.466. The van der Waals surface area contributed by atoms with Crippen molar-refractivity contribution < 1.29 is 9.50 Å². The quantitative estimate of drug-likeness (QED) is 0.710. The minimum atomic E-state index is -0.450. The molecule has 0 amide bonds. The van der Waals surface area contributed by atoms with Crippen molar-refractivity contribution in [3.63, 3.8) is 0 Å². The van der Waals surface area contributed by atoms with E-state index in [1.807, 2.05) is 6.92 Å². The number of hydrogen-bond donors (Lipinski definition) is 2. The van der Waals surface area contributed by atoms with E-state index in [1.165, 1.54) is 12.1 Å². The predicted molar refractivity (Wildman–Crippen MR) is 45.3 cm³/mol. The summed E-state index contributed by atoms with van der Waals surface area (Å²) in [6.07, 6.45) is 0.725. The van der Waals surface area contributed by atoms with Gasteiger partial charge in [-0.1, -0.05) is 6.92 Å². The van der Waals surface area contributed by atoms with Crippen LogP contribution in [-0.2, 0) is 0 Å². The Bertz CT molecular complexity index is 255. The Morgan fingerprint density at radius 3 is 2.67 bits per heavy atom. The van der Waals surface area contributed by atoms with Gasteiger partial charge in [-0.15, -0.1) is 0 Å². The van der Waals surface area contributed by atoms with Crippen LogP contribution in [0.5, 0.6) is 5.75 Å². The van der Waals surface area contributed by atoms with E-state index in [9.17, 15) is 4.39 Å². The molecule has 1 atom stereocenters. The van der Waals surface area contributed by atoms with Gasteiger partial charge in [0.05, 0.1) is 0 Å². The molecule has 0 radical (unpaired) electrons. The molecule has 3 N–H and O–H groups in total. The third kappa shape index (κ3) is 1.95. The standard InChI is InChI=1S/C9H12FNO/c1-2-9(11)6-3-7(10)5-8(12)4-6/h3-5,9,12H,2,11H2,1H3/t9-/m0/s1. The van der Waals surface area contributed by atoms with Gasteiger partial charge >= 0.3 is 0 Å². The van der Waals surface area contributed by atoms with Gasteiger partial charge in [0.15, 0.2) is 0 Å². The number of benzene rings is 1. The van der Waals surface area contributed by atoms with E-state index in [1.54, 1.807) is 0 Å². The Kier molecular flexibility index (Phi) is 2.65. The monoisotopic (exact) mass is 169 g/mol. The van der Waals surface area contributed by atoms with Gasteiger partial charge in [0.2, 0.25) is 0 Å². The SMILES string of the molecule is CC[C@H](N)c1cc(O)cc(F)c1. The molecular weight excluding hydrogens is 157 g/mol. The highest BCUT2D eigenvalue weighted by Crippen LogP contribution is 2.20. The Morgan fingerprint density at radius 1 is 1.50 bits per heavy atom. The summed E-state index contributed by atoms with van der Waals surface area (Å²) in [7, 11) is 0. The van der Waals surface area contributed by atoms with Crippen LogP contribution in [0.1, 0.15) is 24.9 Å². The highest BCUT2D eigenvalue weighted by molar-refractivity contribution is 5.30. The molecule has 1 aromatic rings. The van der Waals surface area contributed by atoms with Crippen LogP contribution in [-0.4, -0.2) is 5.11 Å². The lowest BCUT2D eigenvalue weighted by Crippen LogP contribution is -2.08. The minimum absolute atomic E-state index is 0.0751. The van der Waals surface area contributed by atoms with Gasteiger partial charge < -0.3 is 10.8 Å². The van der Waals surface area contributed by atoms with Crippen LogP contribution in [0.4, 0.5) is 4.39 Å². The van der Waals surface area contributed by atoms with E-state index in [0.717, 1.165) is 12.5 Å². The first-order valence-corrected chi connectivity index (χ1v) is 3.88. The predicted octanol–water partition coefficient (Wildman–Crippen LogP) is 1.94. The summed E-state index contributed by atoms with van der Waals surface area (Å²) in [4.78, 5) is 0. The number of phenolic OH excluding ortho intramolecular Hbond substituents is 1. The van der Waals surface area contributed by atoms with E-state index in [4.69, 9.17) is 10.8 Å². The molecule has 66 valence electrons. The summed E-state index contributed by atoms with van der Waals surface area (Å²) in [5.74, 6) is -0.525. The zero-order valence-corrected chi connectivity index (χ0v) is 6.92. The number of halogens is 1. The maximum Gasteiger partial charge on any atom is 0.127 e. The first kappa shape index (κ1) is 9.00. The fourth-order valence-corrected chi connectivity index (χ4v) is 1.05. The highest BCUT2D eigenvalue weighted by Gasteiger charge is 2.05. The van der Waals surface area contributed by atoms with Crippen LogP contribution in [0.25, 0.3) is 0 Å². The molecule has 0 spiro atoms. The van der Waals surface area contributed by atoms with Crippen molar-refractivity contribution in [3.8, 4) is 5.75 Å². The third-order valence-corrected chi connectivity index (χ3v) is 1.77. The lowest BCUT2D eigenvalue weighted by atomic mass is 10.1. The molecular formula is C9H12FNO. The van der Waals surface area contributed by atoms with E-state index >= 15 is 0 Å². The molecule has 0 unspecified atom stereocenters. The van der Waals surface area contributed by atoms with Gasteiger partial charge in [-0.05, 0) is 24.1 Å². The Labute approximate surface area is 70.8 Å². The van der Waals surface area contributed by atoms with Gasteiger partial charge in [-0.3, -0.25) is 0 Å². The van der Waals surface area contributed by atoms with Crippen LogP contribution in [0.3, 0.4) is 0 Å². The number of rotatable bonds is 2. The molecule has 0 aliphatic heterocycles. The maximum absolute atomic E-state index is 12.7. The van der Waals surface area contributed by atoms with Crippen molar-refractivity contribution in [2.45, 2.75) is 19.4 Å². The van der Waals surface area contributed by atoms with E-state index < -0.39 is 5.82 Å². The van der Waals surface area contributed by atoms with Gasteiger partial charge in [-0.25, -0.2) is 4.39 Å². The summed E-state index contributed by atoms with van der Waals surface area (Å²) >= 11 is 0. The average Bonchev–Trinajstić information content (AvgIpc) is 2.01. The molecule has 0 saturated heterocycles. The smallest absolute Gasteiger partial charge is 0.127 e. The van der Waals surface area contributed by atoms with Gasteiger partial charge in [-0.2, -0.15) is 0 Å². The molecule has 0 aliphatic carbocycles. The van der Waals surface area contributed by atoms with Crippen LogP contribution >= 0.6 is 0 Å². The van der Waals surface area contributed by atoms with Gasteiger partial charge in [0.25, 0.3) is 0 Å². The number of nitrogens with two attached hydrogens (primary N) is 1. The topological polar surface area (TPSA) is 46.2 Å².